The summed E-state index contributed by atoms with van der Waals surface area (Å²) in [4.78, 5) is 0.0856. The Morgan fingerprint density at radius 2 is 2.12 bits per heavy atom. The first-order valence-corrected chi connectivity index (χ1v) is 6.00. The lowest BCUT2D eigenvalue weighted by Gasteiger charge is -2.10. The second kappa shape index (κ2) is 4.31. The fraction of sp³-hybridized carbons (Fsp3) is 0.182. The predicted molar refractivity (Wildman–Crippen MR) is 63.0 cm³/mol. The molecule has 0 saturated carbocycles. The summed E-state index contributed by atoms with van der Waals surface area (Å²) in [5.74, 6) is 0.648. The van der Waals surface area contributed by atoms with Crippen LogP contribution in [-0.2, 0) is 11.1 Å². The number of benzene rings is 1. The average molecular weight is 251 g/mol. The first-order chi connectivity index (χ1) is 8.00. The maximum absolute atomic E-state index is 11.0. The van der Waals surface area contributed by atoms with Gasteiger partial charge in [-0.15, -0.1) is 0 Å². The highest BCUT2D eigenvalue weighted by atomic mass is 32.2. The number of rotatable bonds is 2. The van der Waals surface area contributed by atoms with E-state index in [4.69, 9.17) is 10.3 Å². The quantitative estimate of drug-likeness (QED) is 0.648. The first kappa shape index (κ1) is 11.8. The summed E-state index contributed by atoms with van der Waals surface area (Å²) in [6.07, 6.45) is 0. The maximum Gasteiger partial charge on any atom is 0.141 e. The number of nitrogens with zero attached hydrogens (tertiary/aromatic N) is 1. The molecule has 0 aliphatic carbocycles. The molecule has 1 aromatic carbocycles. The van der Waals surface area contributed by atoms with E-state index < -0.39 is 11.1 Å². The number of hydrogen-bond acceptors (Lipinski definition) is 5. The molecule has 90 valence electrons. The van der Waals surface area contributed by atoms with E-state index in [1.54, 1.807) is 26.0 Å². The zero-order chi connectivity index (χ0) is 12.6. The number of anilines is 1. The Bertz CT molecular complexity index is 573. The molecule has 1 atom stereocenters. The van der Waals surface area contributed by atoms with Crippen LogP contribution in [0.1, 0.15) is 11.5 Å². The van der Waals surface area contributed by atoms with Crippen molar-refractivity contribution in [2.24, 2.45) is 0 Å². The second-order valence-corrected chi connectivity index (χ2v) is 4.60. The normalized spacial score (nSPS) is 12.6. The lowest BCUT2D eigenvalue weighted by atomic mass is 10.0. The number of nitrogen functional groups attached to an aromatic ring is 1. The third-order valence-electron chi connectivity index (χ3n) is 2.52. The van der Waals surface area contributed by atoms with Crippen LogP contribution in [0.5, 0.6) is 0 Å². The molecule has 0 amide bonds. The fourth-order valence-corrected chi connectivity index (χ4v) is 2.21. The highest BCUT2D eigenvalue weighted by Gasteiger charge is 2.12. The molecule has 17 heavy (non-hydrogen) atoms. The van der Waals surface area contributed by atoms with Gasteiger partial charge in [0.25, 0.3) is 0 Å². The van der Waals surface area contributed by atoms with Gasteiger partial charge in [-0.1, -0.05) is 11.2 Å². The fourth-order valence-electron chi connectivity index (χ4n) is 1.73. The molecule has 2 aromatic rings. The topological polar surface area (TPSA) is 92.2 Å². The molecular weight excluding hydrogens is 240 g/mol. The Hall–Kier alpha value is -1.66. The van der Waals surface area contributed by atoms with E-state index >= 15 is 0 Å². The summed E-state index contributed by atoms with van der Waals surface area (Å²) in [5.41, 5.74) is 8.07. The van der Waals surface area contributed by atoms with E-state index in [-0.39, 0.29) is 10.6 Å². The molecule has 2 N–H and O–H groups in total. The largest absolute Gasteiger partial charge is 0.768 e. The van der Waals surface area contributed by atoms with Crippen LogP contribution in [0.15, 0.2) is 27.6 Å². The molecule has 1 aromatic heterocycles. The van der Waals surface area contributed by atoms with Gasteiger partial charge in [-0.25, -0.2) is 0 Å². The SMILES string of the molecule is Cc1noc(C)c1-c1ccc(N)c(S(=O)[O-])c1. The van der Waals surface area contributed by atoms with Crippen LogP contribution in [-0.4, -0.2) is 13.9 Å². The predicted octanol–water partition coefficient (Wildman–Crippen LogP) is 1.78. The molecule has 0 radical (unpaired) electrons. The Balaban J connectivity index is 2.62. The van der Waals surface area contributed by atoms with Crippen molar-refractivity contribution in [1.82, 2.24) is 5.16 Å². The van der Waals surface area contributed by atoms with Crippen molar-refractivity contribution in [2.75, 3.05) is 5.73 Å². The van der Waals surface area contributed by atoms with Crippen LogP contribution in [0.4, 0.5) is 5.69 Å². The summed E-state index contributed by atoms with van der Waals surface area (Å²) in [7, 11) is 0. The molecule has 6 heteroatoms. The summed E-state index contributed by atoms with van der Waals surface area (Å²) < 4.78 is 27.0. The molecule has 1 heterocycles. The van der Waals surface area contributed by atoms with Crippen molar-refractivity contribution in [1.29, 1.82) is 0 Å². The zero-order valence-corrected chi connectivity index (χ0v) is 10.2. The van der Waals surface area contributed by atoms with Crippen molar-refractivity contribution < 1.29 is 13.3 Å². The molecule has 2 rings (SSSR count). The van der Waals surface area contributed by atoms with Gasteiger partial charge in [-0.2, -0.15) is 0 Å². The maximum atomic E-state index is 11.0. The first-order valence-electron chi connectivity index (χ1n) is 4.92. The summed E-state index contributed by atoms with van der Waals surface area (Å²) in [5, 5.41) is 3.83. The third-order valence-corrected chi connectivity index (χ3v) is 3.23. The number of aromatic nitrogens is 1. The number of nitrogens with two attached hydrogens (primary N) is 1. The number of hydrogen-bond donors (Lipinski definition) is 1. The third kappa shape index (κ3) is 2.09. The van der Waals surface area contributed by atoms with Gasteiger partial charge in [-0.3, -0.25) is 4.21 Å². The lowest BCUT2D eigenvalue weighted by molar-refractivity contribution is 0.393. The van der Waals surface area contributed by atoms with Crippen LogP contribution in [0.2, 0.25) is 0 Å². The molecular formula is C11H11N2O3S-. The molecule has 0 saturated heterocycles. The zero-order valence-electron chi connectivity index (χ0n) is 9.39. The van der Waals surface area contributed by atoms with E-state index in [1.165, 1.54) is 6.07 Å². The Morgan fingerprint density at radius 3 is 2.65 bits per heavy atom. The van der Waals surface area contributed by atoms with Gasteiger partial charge in [0.15, 0.2) is 0 Å². The van der Waals surface area contributed by atoms with Crippen molar-refractivity contribution in [2.45, 2.75) is 18.7 Å². The van der Waals surface area contributed by atoms with Crippen molar-refractivity contribution in [3.8, 4) is 11.1 Å². The Labute approximate surface area is 101 Å². The van der Waals surface area contributed by atoms with E-state index in [2.05, 4.69) is 5.16 Å². The summed E-state index contributed by atoms with van der Waals surface area (Å²) >= 11 is -2.35. The van der Waals surface area contributed by atoms with E-state index in [1.807, 2.05) is 0 Å². The standard InChI is InChI=1S/C11H12N2O3S/c1-6-11(7(2)16-13-6)8-3-4-9(12)10(5-8)17(14)15/h3-5H,12H2,1-2H3,(H,14,15)/p-1. The van der Waals surface area contributed by atoms with Crippen LogP contribution in [0.3, 0.4) is 0 Å². The van der Waals surface area contributed by atoms with Gasteiger partial charge >= 0.3 is 0 Å². The molecule has 0 aliphatic rings. The van der Waals surface area contributed by atoms with Crippen molar-refractivity contribution in [3.63, 3.8) is 0 Å². The van der Waals surface area contributed by atoms with E-state index in [0.29, 0.717) is 5.76 Å². The van der Waals surface area contributed by atoms with Crippen LogP contribution in [0.25, 0.3) is 11.1 Å². The van der Waals surface area contributed by atoms with Crippen molar-refractivity contribution in [3.05, 3.63) is 29.7 Å². The highest BCUT2D eigenvalue weighted by molar-refractivity contribution is 7.79. The monoisotopic (exact) mass is 251 g/mol. The Kier molecular flexibility index (Phi) is 2.99. The van der Waals surface area contributed by atoms with E-state index in [0.717, 1.165) is 16.8 Å². The molecule has 0 aliphatic heterocycles. The van der Waals surface area contributed by atoms with Gasteiger partial charge in [0.05, 0.1) is 5.69 Å². The minimum atomic E-state index is -2.35. The van der Waals surface area contributed by atoms with Gasteiger partial charge in [-0.05, 0) is 42.6 Å². The number of aryl methyl sites for hydroxylation is 2. The molecule has 0 spiro atoms. The van der Waals surface area contributed by atoms with Gasteiger partial charge < -0.3 is 14.8 Å². The molecule has 0 bridgehead atoms. The summed E-state index contributed by atoms with van der Waals surface area (Å²) in [6.45, 7) is 3.58. The van der Waals surface area contributed by atoms with Crippen LogP contribution >= 0.6 is 0 Å². The Morgan fingerprint density at radius 1 is 1.41 bits per heavy atom. The minimum absolute atomic E-state index is 0.0856. The molecule has 5 nitrogen and oxygen atoms in total. The van der Waals surface area contributed by atoms with E-state index in [9.17, 15) is 8.76 Å². The van der Waals surface area contributed by atoms with Crippen LogP contribution in [0, 0.1) is 13.8 Å². The lowest BCUT2D eigenvalue weighted by Crippen LogP contribution is -1.97. The van der Waals surface area contributed by atoms with Crippen molar-refractivity contribution >= 4 is 16.8 Å². The van der Waals surface area contributed by atoms with Gasteiger partial charge in [0.1, 0.15) is 5.76 Å². The molecule has 1 unspecified atom stereocenters. The minimum Gasteiger partial charge on any atom is -0.768 e. The average Bonchev–Trinajstić information content (AvgIpc) is 2.59. The van der Waals surface area contributed by atoms with Gasteiger partial charge in [0, 0.05) is 16.1 Å². The molecule has 0 fully saturated rings. The summed E-state index contributed by atoms with van der Waals surface area (Å²) in [6, 6.07) is 4.83. The van der Waals surface area contributed by atoms with Gasteiger partial charge in [0.2, 0.25) is 0 Å². The smallest absolute Gasteiger partial charge is 0.141 e. The van der Waals surface area contributed by atoms with Crippen LogP contribution < -0.4 is 5.73 Å². The highest BCUT2D eigenvalue weighted by Crippen LogP contribution is 2.30. The second-order valence-electron chi connectivity index (χ2n) is 3.69.